The normalized spacial score (nSPS) is 20.8. The Morgan fingerprint density at radius 1 is 1.08 bits per heavy atom. The Hall–Kier alpha value is -4.53. The van der Waals surface area contributed by atoms with Crippen molar-refractivity contribution in [1.29, 1.82) is 0 Å². The molecule has 268 valence electrons. The van der Waals surface area contributed by atoms with E-state index in [1.165, 1.54) is 30.1 Å². The van der Waals surface area contributed by atoms with Crippen LogP contribution in [0.3, 0.4) is 0 Å². The Kier molecular flexibility index (Phi) is 9.39. The predicted octanol–water partition coefficient (Wildman–Crippen LogP) is 7.15. The second-order valence-corrected chi connectivity index (χ2v) is 13.8. The van der Waals surface area contributed by atoms with Gasteiger partial charge in [0, 0.05) is 73.8 Å². The number of benzene rings is 2. The number of ether oxygens (including phenoxy) is 1. The van der Waals surface area contributed by atoms with Gasteiger partial charge in [0.1, 0.15) is 17.4 Å². The molecule has 2 atom stereocenters. The first-order chi connectivity index (χ1) is 23.6. The Morgan fingerprint density at radius 3 is 2.46 bits per heavy atom. The van der Waals surface area contributed by atoms with Crippen molar-refractivity contribution >= 4 is 17.5 Å². The number of methoxy groups -OCH3 is 1. The molecule has 0 radical (unpaired) electrons. The van der Waals surface area contributed by atoms with E-state index in [1.54, 1.807) is 11.0 Å². The van der Waals surface area contributed by atoms with Gasteiger partial charge in [0.25, 0.3) is 11.8 Å². The maximum absolute atomic E-state index is 17.0. The third-order valence-electron chi connectivity index (χ3n) is 9.69. The van der Waals surface area contributed by atoms with Crippen LogP contribution >= 0.6 is 0 Å². The van der Waals surface area contributed by atoms with Crippen LogP contribution in [-0.4, -0.2) is 70.0 Å². The summed E-state index contributed by atoms with van der Waals surface area (Å²) in [6.07, 6.45) is -0.470. The third kappa shape index (κ3) is 7.05. The standard InChI is InChI=1S/C35H38F6N6O3/c1-33(2,3)47-19-26(25-8-7-24(36)16-27(25)37)34(38,20-47)31(48)43-32-42-11-14-46(32)18-22-5-6-23(35(39,40)41)15-28(22)45-12-9-21(10-13-45)29-17-30(49-4)44-50-29/h5-8,11,14-17,21,26H,9-10,12-13,18-20H2,1-4H3,(H,42,43,48)/t26-,34-/m0/s1. The number of piperidine rings is 1. The summed E-state index contributed by atoms with van der Waals surface area (Å²) in [7, 11) is 1.48. The number of amides is 1. The molecule has 0 spiro atoms. The molecule has 15 heteroatoms. The van der Waals surface area contributed by atoms with Crippen LogP contribution in [0.2, 0.25) is 0 Å². The van der Waals surface area contributed by atoms with E-state index in [9.17, 15) is 26.7 Å². The highest BCUT2D eigenvalue weighted by atomic mass is 19.4. The van der Waals surface area contributed by atoms with Gasteiger partial charge < -0.3 is 18.7 Å². The minimum atomic E-state index is -4.58. The number of hydrogen-bond donors (Lipinski definition) is 1. The van der Waals surface area contributed by atoms with Crippen LogP contribution in [0, 0.1) is 11.6 Å². The summed E-state index contributed by atoms with van der Waals surface area (Å²) in [5.74, 6) is -3.13. The van der Waals surface area contributed by atoms with Crippen molar-refractivity contribution in [3.8, 4) is 5.88 Å². The Balaban J connectivity index is 1.25. The molecule has 50 heavy (non-hydrogen) atoms. The SMILES string of the molecule is COc1cc(C2CCN(c3cc(C(F)(F)F)ccc3Cn3ccnc3NC(=O)[C@]3(F)CN(C(C)(C)C)C[C@H]3c3ccc(F)cc3F)CC2)on1. The number of halogens is 6. The number of alkyl halides is 4. The lowest BCUT2D eigenvalue weighted by Gasteiger charge is -2.34. The molecule has 2 aromatic heterocycles. The smallest absolute Gasteiger partial charge is 0.416 e. The van der Waals surface area contributed by atoms with Crippen LogP contribution in [-0.2, 0) is 17.5 Å². The summed E-state index contributed by atoms with van der Waals surface area (Å²) < 4.78 is 99.3. The van der Waals surface area contributed by atoms with Crippen LogP contribution in [0.1, 0.15) is 67.9 Å². The maximum atomic E-state index is 17.0. The van der Waals surface area contributed by atoms with E-state index in [-0.39, 0.29) is 37.1 Å². The molecule has 4 heterocycles. The third-order valence-corrected chi connectivity index (χ3v) is 9.69. The Morgan fingerprint density at radius 2 is 1.82 bits per heavy atom. The summed E-state index contributed by atoms with van der Waals surface area (Å²) in [5.41, 5.74) is -3.24. The number of carbonyl (C=O) groups excluding carboxylic acids is 1. The molecule has 6 rings (SSSR count). The van der Waals surface area contributed by atoms with Crippen molar-refractivity contribution in [2.24, 2.45) is 0 Å². The average molecular weight is 705 g/mol. The molecule has 0 unspecified atom stereocenters. The number of carbonyl (C=O) groups is 1. The summed E-state index contributed by atoms with van der Waals surface area (Å²) in [6, 6.07) is 8.05. The van der Waals surface area contributed by atoms with Crippen molar-refractivity contribution in [3.05, 3.63) is 88.9 Å². The van der Waals surface area contributed by atoms with Gasteiger partial charge in [-0.2, -0.15) is 13.2 Å². The minimum Gasteiger partial charge on any atom is -0.479 e. The van der Waals surface area contributed by atoms with E-state index in [2.05, 4.69) is 15.5 Å². The van der Waals surface area contributed by atoms with Gasteiger partial charge in [0.2, 0.25) is 11.6 Å². The first kappa shape index (κ1) is 35.3. The topological polar surface area (TPSA) is 88.7 Å². The second-order valence-electron chi connectivity index (χ2n) is 13.8. The number of hydrogen-bond acceptors (Lipinski definition) is 7. The van der Waals surface area contributed by atoms with Crippen molar-refractivity contribution in [2.75, 3.05) is 43.5 Å². The molecule has 0 aliphatic carbocycles. The average Bonchev–Trinajstić information content (AvgIpc) is 3.80. The molecule has 0 bridgehead atoms. The van der Waals surface area contributed by atoms with Gasteiger partial charge >= 0.3 is 6.18 Å². The highest BCUT2D eigenvalue weighted by Gasteiger charge is 2.56. The van der Waals surface area contributed by atoms with E-state index in [0.29, 0.717) is 54.9 Å². The van der Waals surface area contributed by atoms with Crippen molar-refractivity contribution in [2.45, 2.75) is 69.4 Å². The number of aromatic nitrogens is 3. The lowest BCUT2D eigenvalue weighted by atomic mass is 9.85. The molecule has 2 fully saturated rings. The van der Waals surface area contributed by atoms with Crippen molar-refractivity contribution < 1.29 is 40.4 Å². The van der Waals surface area contributed by atoms with E-state index >= 15 is 4.39 Å². The van der Waals surface area contributed by atoms with Crippen LogP contribution in [0.4, 0.5) is 38.0 Å². The first-order valence-electron chi connectivity index (χ1n) is 16.2. The minimum absolute atomic E-state index is 0.00000308. The lowest BCUT2D eigenvalue weighted by molar-refractivity contribution is -0.137. The van der Waals surface area contributed by atoms with Gasteiger partial charge in [0.15, 0.2) is 0 Å². The van der Waals surface area contributed by atoms with E-state index < -0.39 is 46.4 Å². The number of anilines is 2. The molecule has 0 saturated carbocycles. The summed E-state index contributed by atoms with van der Waals surface area (Å²) in [4.78, 5) is 21.6. The molecular weight excluding hydrogens is 666 g/mol. The first-order valence-corrected chi connectivity index (χ1v) is 16.2. The van der Waals surface area contributed by atoms with Crippen LogP contribution < -0.4 is 15.0 Å². The zero-order valence-corrected chi connectivity index (χ0v) is 28.0. The highest BCUT2D eigenvalue weighted by molar-refractivity contribution is 5.97. The van der Waals surface area contributed by atoms with Gasteiger partial charge in [-0.1, -0.05) is 12.1 Å². The largest absolute Gasteiger partial charge is 0.479 e. The molecule has 9 nitrogen and oxygen atoms in total. The zero-order chi connectivity index (χ0) is 36.0. The lowest BCUT2D eigenvalue weighted by Crippen LogP contribution is -2.47. The van der Waals surface area contributed by atoms with Crippen LogP contribution in [0.5, 0.6) is 5.88 Å². The fraction of sp³-hybridized carbons (Fsp3) is 0.457. The maximum Gasteiger partial charge on any atom is 0.416 e. The molecule has 2 aliphatic heterocycles. The summed E-state index contributed by atoms with van der Waals surface area (Å²) in [6.45, 7) is 6.05. The highest BCUT2D eigenvalue weighted by Crippen LogP contribution is 2.44. The predicted molar refractivity (Wildman–Crippen MR) is 173 cm³/mol. The number of imidazole rings is 1. The van der Waals surface area contributed by atoms with Crippen molar-refractivity contribution in [1.82, 2.24) is 19.6 Å². The molecule has 2 saturated heterocycles. The van der Waals surface area contributed by atoms with E-state index in [1.807, 2.05) is 25.7 Å². The van der Waals surface area contributed by atoms with Crippen LogP contribution in [0.25, 0.3) is 0 Å². The number of rotatable bonds is 8. The fourth-order valence-electron chi connectivity index (χ4n) is 6.77. The summed E-state index contributed by atoms with van der Waals surface area (Å²) in [5, 5.41) is 6.41. The number of nitrogens with zero attached hydrogens (tertiary/aromatic N) is 5. The van der Waals surface area contributed by atoms with E-state index in [0.717, 1.165) is 24.3 Å². The van der Waals surface area contributed by atoms with Gasteiger partial charge in [-0.25, -0.2) is 18.2 Å². The van der Waals surface area contributed by atoms with Gasteiger partial charge in [-0.05, 0) is 68.1 Å². The van der Waals surface area contributed by atoms with Crippen molar-refractivity contribution in [3.63, 3.8) is 0 Å². The molecule has 1 amide bonds. The Labute approximate surface area is 285 Å². The van der Waals surface area contributed by atoms with Crippen LogP contribution in [0.15, 0.2) is 59.4 Å². The quantitative estimate of drug-likeness (QED) is 0.195. The summed E-state index contributed by atoms with van der Waals surface area (Å²) >= 11 is 0. The molecular formula is C35H38F6N6O3. The second kappa shape index (κ2) is 13.3. The van der Waals surface area contributed by atoms with Gasteiger partial charge in [-0.3, -0.25) is 15.0 Å². The van der Waals surface area contributed by atoms with Gasteiger partial charge in [-0.15, -0.1) is 0 Å². The Bertz CT molecular complexity index is 1840. The molecule has 1 N–H and O–H groups in total. The molecule has 4 aromatic rings. The monoisotopic (exact) mass is 704 g/mol. The number of likely N-dealkylation sites (tertiary alicyclic amines) is 1. The zero-order valence-electron chi connectivity index (χ0n) is 28.0. The fourth-order valence-corrected chi connectivity index (χ4v) is 6.77. The molecule has 2 aromatic carbocycles. The number of nitrogens with one attached hydrogen (secondary N) is 1. The van der Waals surface area contributed by atoms with E-state index in [4.69, 9.17) is 9.26 Å². The molecule has 2 aliphatic rings. The van der Waals surface area contributed by atoms with Gasteiger partial charge in [0.05, 0.1) is 19.2 Å².